The fourth-order valence-corrected chi connectivity index (χ4v) is 10.7. The van der Waals surface area contributed by atoms with Crippen LogP contribution in [0.5, 0.6) is 5.75 Å². The molecule has 19 heteroatoms. The average molecular weight is 861 g/mol. The van der Waals surface area contributed by atoms with Gasteiger partial charge in [0.1, 0.15) is 40.8 Å². The number of hydrogen-bond acceptors (Lipinski definition) is 16. The van der Waals surface area contributed by atoms with Crippen molar-refractivity contribution in [1.29, 1.82) is 0 Å². The average Bonchev–Trinajstić information content (AvgIpc) is 3.19. The largest absolute Gasteiger partial charge is 0.510 e. The third kappa shape index (κ3) is 6.47. The van der Waals surface area contributed by atoms with Crippen LogP contribution in [0.4, 0.5) is 15.8 Å². The monoisotopic (exact) mass is 860 g/mol. The van der Waals surface area contributed by atoms with Crippen molar-refractivity contribution in [1.82, 2.24) is 14.8 Å². The Morgan fingerprint density at radius 2 is 1.79 bits per heavy atom. The van der Waals surface area contributed by atoms with Gasteiger partial charge in [-0.15, -0.1) is 0 Å². The van der Waals surface area contributed by atoms with Crippen LogP contribution in [0.2, 0.25) is 0 Å². The molecular formula is C42H45FN6O11S. The Hall–Kier alpha value is -5.76. The zero-order valence-electron chi connectivity index (χ0n) is 34.0. The Morgan fingerprint density at radius 3 is 2.43 bits per heavy atom. The lowest BCUT2D eigenvalue weighted by atomic mass is 9.58. The van der Waals surface area contributed by atoms with Crippen molar-refractivity contribution in [3.05, 3.63) is 79.7 Å². The highest BCUT2D eigenvalue weighted by Gasteiger charge is 2.63. The Bertz CT molecular complexity index is 2600. The number of anilines is 2. The quantitative estimate of drug-likeness (QED) is 0.118. The number of fused-ring (bicyclic) bond motifs is 6. The van der Waals surface area contributed by atoms with Gasteiger partial charge in [0.05, 0.1) is 39.6 Å². The highest BCUT2D eigenvalue weighted by molar-refractivity contribution is 8.00. The molecule has 3 heterocycles. The zero-order valence-corrected chi connectivity index (χ0v) is 34.9. The summed E-state index contributed by atoms with van der Waals surface area (Å²) in [5.74, 6) is -9.79. The highest BCUT2D eigenvalue weighted by atomic mass is 32.2. The van der Waals surface area contributed by atoms with E-state index in [0.717, 1.165) is 6.07 Å². The van der Waals surface area contributed by atoms with Crippen molar-refractivity contribution in [2.75, 3.05) is 70.8 Å². The van der Waals surface area contributed by atoms with E-state index in [2.05, 4.69) is 5.32 Å². The van der Waals surface area contributed by atoms with Gasteiger partial charge in [-0.05, 0) is 69.6 Å². The summed E-state index contributed by atoms with van der Waals surface area (Å²) in [5.41, 5.74) is 2.26. The van der Waals surface area contributed by atoms with Gasteiger partial charge in [0.25, 0.3) is 5.91 Å². The van der Waals surface area contributed by atoms with E-state index in [1.165, 1.54) is 22.7 Å². The van der Waals surface area contributed by atoms with Gasteiger partial charge in [-0.1, -0.05) is 11.8 Å². The molecule has 0 spiro atoms. The number of nitrogens with two attached hydrogens (primary N) is 1. The van der Waals surface area contributed by atoms with Crippen LogP contribution in [-0.2, 0) is 25.5 Å². The maximum Gasteiger partial charge on any atom is 0.344 e. The van der Waals surface area contributed by atoms with Crippen LogP contribution in [0.25, 0.3) is 10.9 Å². The van der Waals surface area contributed by atoms with E-state index in [4.69, 9.17) is 15.2 Å². The van der Waals surface area contributed by atoms with Crippen LogP contribution in [0, 0.1) is 17.7 Å². The number of rotatable bonds is 9. The molecule has 2 aromatic carbocycles. The van der Waals surface area contributed by atoms with E-state index in [-0.39, 0.29) is 46.1 Å². The Labute approximate surface area is 352 Å². The van der Waals surface area contributed by atoms with Crippen LogP contribution in [0.1, 0.15) is 51.4 Å². The fourth-order valence-electron chi connectivity index (χ4n) is 9.56. The van der Waals surface area contributed by atoms with Gasteiger partial charge >= 0.3 is 11.9 Å². The Kier molecular flexibility index (Phi) is 10.5. The molecule has 2 aliphatic heterocycles. The van der Waals surface area contributed by atoms with Gasteiger partial charge in [-0.2, -0.15) is 0 Å². The van der Waals surface area contributed by atoms with Crippen molar-refractivity contribution in [2.24, 2.45) is 17.6 Å². The molecule has 322 valence electrons. The molecule has 3 aliphatic carbocycles. The lowest BCUT2D eigenvalue weighted by Crippen LogP contribution is -2.63. The van der Waals surface area contributed by atoms with E-state index in [1.54, 1.807) is 49.8 Å². The SMILES string of the molecule is CC1Sc2c(C(=O)OCCC(=O)Oc3ccc(N(C)C)c4c3C(=O)C3=C(O)[C@@]5(O)C(=O)C(C(N)=O)=C(O)[C@H](N(C)C)[C@H]5C[C@H]3C4)c(=O)c3cc(F)c(N4CCNCC4)cc3n21. The normalized spacial score (nSPS) is 24.5. The number of nitrogens with one attached hydrogen (secondary N) is 1. The minimum Gasteiger partial charge on any atom is -0.510 e. The number of aromatic nitrogens is 1. The molecule has 5 aliphatic rings. The maximum absolute atomic E-state index is 15.4. The number of pyridine rings is 1. The minimum atomic E-state index is -2.79. The van der Waals surface area contributed by atoms with E-state index in [9.17, 15) is 44.1 Å². The predicted molar refractivity (Wildman–Crippen MR) is 221 cm³/mol. The molecule has 1 aromatic heterocycles. The van der Waals surface area contributed by atoms with Gasteiger partial charge in [0.15, 0.2) is 11.4 Å². The molecule has 0 saturated carbocycles. The second kappa shape index (κ2) is 15.3. The summed E-state index contributed by atoms with van der Waals surface area (Å²) in [5, 5.41) is 38.2. The summed E-state index contributed by atoms with van der Waals surface area (Å²) in [4.78, 5) is 86.2. The topological polar surface area (TPSA) is 234 Å². The van der Waals surface area contributed by atoms with Crippen LogP contribution in [0.15, 0.2) is 56.8 Å². The lowest BCUT2D eigenvalue weighted by molar-refractivity contribution is -0.148. The number of ether oxygens (including phenoxy) is 2. The van der Waals surface area contributed by atoms with Crippen LogP contribution in [0.3, 0.4) is 0 Å². The van der Waals surface area contributed by atoms with Crippen LogP contribution < -0.4 is 31.0 Å². The number of piperazine rings is 1. The van der Waals surface area contributed by atoms with Gasteiger partial charge in [0.2, 0.25) is 11.2 Å². The number of aliphatic hydroxyl groups excluding tert-OH is 2. The fraction of sp³-hybridized carbons (Fsp3) is 0.429. The summed E-state index contributed by atoms with van der Waals surface area (Å²) in [6.45, 7) is 3.93. The van der Waals surface area contributed by atoms with Crippen molar-refractivity contribution in [3.8, 4) is 5.75 Å². The molecule has 61 heavy (non-hydrogen) atoms. The summed E-state index contributed by atoms with van der Waals surface area (Å²) < 4.78 is 28.3. The number of esters is 2. The summed E-state index contributed by atoms with van der Waals surface area (Å²) in [6, 6.07) is 4.68. The second-order valence-electron chi connectivity index (χ2n) is 16.3. The molecule has 6 N–H and O–H groups in total. The molecule has 0 bridgehead atoms. The van der Waals surface area contributed by atoms with Crippen molar-refractivity contribution < 1.29 is 53.2 Å². The first kappa shape index (κ1) is 42.0. The molecule has 8 rings (SSSR count). The van der Waals surface area contributed by atoms with Gasteiger partial charge in [0, 0.05) is 62.8 Å². The summed E-state index contributed by atoms with van der Waals surface area (Å²) in [7, 11) is 6.60. The van der Waals surface area contributed by atoms with E-state index in [0.29, 0.717) is 53.7 Å². The lowest BCUT2D eigenvalue weighted by Gasteiger charge is -2.50. The van der Waals surface area contributed by atoms with E-state index < -0.39 is 94.3 Å². The molecule has 5 atom stereocenters. The molecule has 1 unspecified atom stereocenters. The number of carbonyl (C=O) groups excluding carboxylic acids is 5. The maximum atomic E-state index is 15.4. The number of benzene rings is 2. The molecule has 0 radical (unpaired) electrons. The Balaban J connectivity index is 1.05. The van der Waals surface area contributed by atoms with Crippen molar-refractivity contribution in [2.45, 2.75) is 48.2 Å². The number of amides is 1. The number of carbonyl (C=O) groups is 5. The first-order valence-electron chi connectivity index (χ1n) is 19.8. The number of ketones is 2. The minimum absolute atomic E-state index is 0.0199. The second-order valence-corrected chi connectivity index (χ2v) is 17.6. The van der Waals surface area contributed by atoms with E-state index in [1.807, 2.05) is 11.8 Å². The number of thioether (sulfide) groups is 1. The Morgan fingerprint density at radius 1 is 1.08 bits per heavy atom. The number of allylic oxidation sites excluding steroid dienone is 1. The number of halogens is 1. The van der Waals surface area contributed by atoms with Crippen LogP contribution in [-0.4, -0.2) is 127 Å². The highest BCUT2D eigenvalue weighted by Crippen LogP contribution is 2.53. The number of hydrogen-bond donors (Lipinski definition) is 5. The molecular weight excluding hydrogens is 816 g/mol. The zero-order chi connectivity index (χ0) is 44.0. The summed E-state index contributed by atoms with van der Waals surface area (Å²) >= 11 is 1.28. The third-order valence-corrected chi connectivity index (χ3v) is 13.5. The van der Waals surface area contributed by atoms with Crippen molar-refractivity contribution >= 4 is 63.5 Å². The molecule has 1 fully saturated rings. The smallest absolute Gasteiger partial charge is 0.344 e. The predicted octanol–water partition coefficient (Wildman–Crippen LogP) is 2.12. The number of likely N-dealkylation sites (N-methyl/N-ethyl adjacent to an activating group) is 1. The van der Waals surface area contributed by atoms with Crippen molar-refractivity contribution in [3.63, 3.8) is 0 Å². The standard InChI is InChI=1S/C42H45FN6O11S/c1-18-49-25-17-26(48-11-9-45-10-12-48)23(43)16-21(25)34(51)32(40(49)61-18)41(57)59-13-8-28(50)60-27-7-6-24(46(2)3)20-14-19-15-22-33(47(4)5)36(53)31(39(44)56)38(55)42(22,58)37(54)29(19)35(52)30(20)27/h6-7,16-19,22,33,45,53-54,58H,8-15H2,1-5H3,(H2,44,56)/t18?,19-,22-,33-,42-/m1/s1. The molecule has 1 saturated heterocycles. The van der Waals surface area contributed by atoms with Gasteiger partial charge in [-0.25, -0.2) is 9.18 Å². The van der Waals surface area contributed by atoms with Gasteiger partial charge in [-0.3, -0.25) is 28.9 Å². The molecule has 3 aromatic rings. The summed E-state index contributed by atoms with van der Waals surface area (Å²) in [6.07, 6.45) is -0.478. The number of nitrogens with zero attached hydrogens (tertiary/aromatic N) is 4. The van der Waals surface area contributed by atoms with E-state index >= 15 is 4.39 Å². The van der Waals surface area contributed by atoms with Crippen LogP contribution >= 0.6 is 11.8 Å². The molecule has 17 nitrogen and oxygen atoms in total. The molecule has 1 amide bonds. The first-order chi connectivity index (χ1) is 28.9. The number of primary amides is 1. The number of aliphatic hydroxyl groups is 3. The third-order valence-electron chi connectivity index (χ3n) is 12.3. The van der Waals surface area contributed by atoms with Gasteiger partial charge < -0.3 is 50.2 Å². The number of Topliss-reactive ketones (excluding diaryl/α,β-unsaturated/α-hetero) is 2. The first-order valence-corrected chi connectivity index (χ1v) is 20.7.